The van der Waals surface area contributed by atoms with Crippen molar-refractivity contribution in [2.75, 3.05) is 10.6 Å². The molecule has 1 aromatic carbocycles. The Morgan fingerprint density at radius 3 is 2.39 bits per heavy atom. The Bertz CT molecular complexity index is 434. The molecule has 0 aromatic heterocycles. The molecule has 0 aliphatic heterocycles. The van der Waals surface area contributed by atoms with Crippen LogP contribution in [0.5, 0.6) is 0 Å². The molecule has 18 heavy (non-hydrogen) atoms. The molecule has 0 aliphatic carbocycles. The number of amides is 1. The van der Waals surface area contributed by atoms with Gasteiger partial charge in [-0.25, -0.2) is 4.79 Å². The quantitative estimate of drug-likeness (QED) is 0.850. The van der Waals surface area contributed by atoms with Crippen LogP contribution in [0, 0.1) is 0 Å². The fourth-order valence-corrected chi connectivity index (χ4v) is 1.30. The van der Waals surface area contributed by atoms with E-state index in [1.165, 1.54) is 0 Å². The Labute approximate surface area is 108 Å². The van der Waals surface area contributed by atoms with E-state index in [4.69, 9.17) is 4.74 Å². The van der Waals surface area contributed by atoms with E-state index in [9.17, 15) is 4.79 Å². The normalized spacial score (nSPS) is 11.3. The zero-order chi connectivity index (χ0) is 13.6. The van der Waals surface area contributed by atoms with Crippen LogP contribution in [-0.2, 0) is 4.74 Å². The molecule has 0 spiro atoms. The molecular formula is C14H20N2O2. The lowest BCUT2D eigenvalue weighted by molar-refractivity contribution is 0.0636. The highest BCUT2D eigenvalue weighted by Gasteiger charge is 2.16. The van der Waals surface area contributed by atoms with Gasteiger partial charge >= 0.3 is 6.09 Å². The number of carbonyl (C=O) groups excluding carboxylic acids is 1. The third-order valence-corrected chi connectivity index (χ3v) is 1.97. The van der Waals surface area contributed by atoms with Gasteiger partial charge in [0.15, 0.2) is 0 Å². The smallest absolute Gasteiger partial charge is 0.412 e. The largest absolute Gasteiger partial charge is 0.444 e. The summed E-state index contributed by atoms with van der Waals surface area (Å²) >= 11 is 0. The summed E-state index contributed by atoms with van der Waals surface area (Å²) in [5.41, 5.74) is 1.00. The van der Waals surface area contributed by atoms with E-state index < -0.39 is 11.7 Å². The van der Waals surface area contributed by atoms with Gasteiger partial charge in [0.2, 0.25) is 0 Å². The average Bonchev–Trinajstić information content (AvgIpc) is 2.25. The van der Waals surface area contributed by atoms with E-state index in [2.05, 4.69) is 10.6 Å². The van der Waals surface area contributed by atoms with Crippen molar-refractivity contribution < 1.29 is 9.53 Å². The highest BCUT2D eigenvalue weighted by atomic mass is 16.6. The van der Waals surface area contributed by atoms with Gasteiger partial charge in [0.1, 0.15) is 5.60 Å². The summed E-state index contributed by atoms with van der Waals surface area (Å²) in [4.78, 5) is 11.7. The molecule has 98 valence electrons. The Kier molecular flexibility index (Phi) is 4.77. The molecule has 0 saturated carbocycles. The van der Waals surface area contributed by atoms with Crippen molar-refractivity contribution >= 4 is 17.5 Å². The summed E-state index contributed by atoms with van der Waals surface area (Å²) in [5.74, 6) is 0. The van der Waals surface area contributed by atoms with Gasteiger partial charge in [-0.2, -0.15) is 0 Å². The monoisotopic (exact) mass is 248 g/mol. The van der Waals surface area contributed by atoms with Gasteiger partial charge in [0.25, 0.3) is 0 Å². The van der Waals surface area contributed by atoms with Gasteiger partial charge in [-0.15, -0.1) is 0 Å². The van der Waals surface area contributed by atoms with Crippen molar-refractivity contribution in [1.82, 2.24) is 0 Å². The van der Waals surface area contributed by atoms with Crippen LogP contribution in [0.2, 0.25) is 0 Å². The van der Waals surface area contributed by atoms with Crippen LogP contribution >= 0.6 is 0 Å². The fraction of sp³-hybridized carbons (Fsp3) is 0.357. The third kappa shape index (κ3) is 4.91. The maximum atomic E-state index is 11.7. The molecule has 0 bridgehead atoms. The first-order chi connectivity index (χ1) is 8.42. The second kappa shape index (κ2) is 6.10. The van der Waals surface area contributed by atoms with Crippen molar-refractivity contribution in [3.8, 4) is 0 Å². The minimum absolute atomic E-state index is 0.461. The van der Waals surface area contributed by atoms with Gasteiger partial charge in [-0.3, -0.25) is 5.32 Å². The summed E-state index contributed by atoms with van der Waals surface area (Å²) in [7, 11) is 0. The lowest BCUT2D eigenvalue weighted by Gasteiger charge is -2.20. The zero-order valence-corrected chi connectivity index (χ0v) is 11.3. The van der Waals surface area contributed by atoms with Crippen LogP contribution in [0.1, 0.15) is 27.7 Å². The number of carbonyl (C=O) groups is 1. The Morgan fingerprint density at radius 2 is 1.83 bits per heavy atom. The van der Waals surface area contributed by atoms with E-state index in [1.54, 1.807) is 6.20 Å². The van der Waals surface area contributed by atoms with Gasteiger partial charge < -0.3 is 10.1 Å². The first-order valence-electron chi connectivity index (χ1n) is 5.89. The van der Waals surface area contributed by atoms with Crippen LogP contribution in [0.4, 0.5) is 16.2 Å². The molecule has 2 N–H and O–H groups in total. The molecule has 0 unspecified atom stereocenters. The summed E-state index contributed by atoms with van der Waals surface area (Å²) in [5, 5.41) is 5.80. The molecule has 0 heterocycles. The van der Waals surface area contributed by atoms with Crippen molar-refractivity contribution in [3.63, 3.8) is 0 Å². The number of benzene rings is 1. The highest BCUT2D eigenvalue weighted by Crippen LogP contribution is 2.21. The lowest BCUT2D eigenvalue weighted by Crippen LogP contribution is -2.27. The van der Waals surface area contributed by atoms with Gasteiger partial charge in [-0.1, -0.05) is 18.2 Å². The standard InChI is InChI=1S/C14H20N2O2/c1-5-10-15-11-8-6-7-9-12(11)16-13(17)18-14(2,3)4/h5-10,15H,1-4H3,(H,16,17). The maximum Gasteiger partial charge on any atom is 0.412 e. The SMILES string of the molecule is CC=CNc1ccccc1NC(=O)OC(C)(C)C. The molecule has 0 fully saturated rings. The van der Waals surface area contributed by atoms with E-state index >= 15 is 0 Å². The number of ether oxygens (including phenoxy) is 1. The zero-order valence-electron chi connectivity index (χ0n) is 11.3. The van der Waals surface area contributed by atoms with Crippen molar-refractivity contribution in [2.45, 2.75) is 33.3 Å². The van der Waals surface area contributed by atoms with Crippen LogP contribution < -0.4 is 10.6 Å². The fourth-order valence-electron chi connectivity index (χ4n) is 1.30. The predicted octanol–water partition coefficient (Wildman–Crippen LogP) is 3.98. The summed E-state index contributed by atoms with van der Waals surface area (Å²) in [6, 6.07) is 7.45. The van der Waals surface area contributed by atoms with E-state index in [0.29, 0.717) is 5.69 Å². The van der Waals surface area contributed by atoms with Crippen LogP contribution in [0.25, 0.3) is 0 Å². The van der Waals surface area contributed by atoms with E-state index in [-0.39, 0.29) is 0 Å². The Balaban J connectivity index is 2.74. The average molecular weight is 248 g/mol. The second-order valence-corrected chi connectivity index (χ2v) is 4.82. The summed E-state index contributed by atoms with van der Waals surface area (Å²) in [6.07, 6.45) is 3.22. The Morgan fingerprint density at radius 1 is 1.22 bits per heavy atom. The number of rotatable bonds is 3. The summed E-state index contributed by atoms with van der Waals surface area (Å²) in [6.45, 7) is 7.40. The molecule has 4 heteroatoms. The second-order valence-electron chi connectivity index (χ2n) is 4.82. The number of anilines is 2. The number of hydrogen-bond acceptors (Lipinski definition) is 3. The lowest BCUT2D eigenvalue weighted by atomic mass is 10.2. The van der Waals surface area contributed by atoms with E-state index in [1.807, 2.05) is 58.0 Å². The van der Waals surface area contributed by atoms with Crippen molar-refractivity contribution in [2.24, 2.45) is 0 Å². The van der Waals surface area contributed by atoms with E-state index in [0.717, 1.165) is 5.69 Å². The van der Waals surface area contributed by atoms with Crippen molar-refractivity contribution in [1.29, 1.82) is 0 Å². The number of hydrogen-bond donors (Lipinski definition) is 2. The number of para-hydroxylation sites is 2. The molecule has 1 aromatic rings. The maximum absolute atomic E-state index is 11.7. The van der Waals surface area contributed by atoms with Crippen LogP contribution in [0.15, 0.2) is 36.5 Å². The molecule has 0 aliphatic rings. The minimum Gasteiger partial charge on any atom is -0.444 e. The van der Waals surface area contributed by atoms with Crippen LogP contribution in [-0.4, -0.2) is 11.7 Å². The Hall–Kier alpha value is -1.97. The highest BCUT2D eigenvalue weighted by molar-refractivity contribution is 5.89. The number of nitrogens with one attached hydrogen (secondary N) is 2. The molecule has 0 atom stereocenters. The predicted molar refractivity (Wildman–Crippen MR) is 74.7 cm³/mol. The molecule has 0 radical (unpaired) electrons. The topological polar surface area (TPSA) is 50.4 Å². The van der Waals surface area contributed by atoms with Crippen LogP contribution in [0.3, 0.4) is 0 Å². The first kappa shape index (κ1) is 14.1. The molecule has 4 nitrogen and oxygen atoms in total. The van der Waals surface area contributed by atoms with Gasteiger partial charge in [-0.05, 0) is 46.0 Å². The molecule has 0 saturated heterocycles. The number of allylic oxidation sites excluding steroid dienone is 1. The molecular weight excluding hydrogens is 228 g/mol. The summed E-state index contributed by atoms with van der Waals surface area (Å²) < 4.78 is 5.21. The molecule has 1 rings (SSSR count). The third-order valence-electron chi connectivity index (χ3n) is 1.97. The minimum atomic E-state index is -0.504. The van der Waals surface area contributed by atoms with Gasteiger partial charge in [0.05, 0.1) is 11.4 Å². The van der Waals surface area contributed by atoms with Crippen molar-refractivity contribution in [3.05, 3.63) is 36.5 Å². The molecule has 1 amide bonds. The first-order valence-corrected chi connectivity index (χ1v) is 5.89. The van der Waals surface area contributed by atoms with Gasteiger partial charge in [0, 0.05) is 0 Å².